The van der Waals surface area contributed by atoms with Crippen LogP contribution in [0.5, 0.6) is 0 Å². The van der Waals surface area contributed by atoms with Crippen molar-refractivity contribution < 1.29 is 13.3 Å². The molecular weight excluding hydrogens is 236 g/mol. The van der Waals surface area contributed by atoms with Crippen LogP contribution in [0.4, 0.5) is 0 Å². The van der Waals surface area contributed by atoms with Crippen LogP contribution >= 0.6 is 0 Å². The smallest absolute Gasteiger partial charge is 0.363 e. The SMILES string of the molecule is C=C[Si](CCC[Si](C)(CC)OC)(OC)OC. The van der Waals surface area contributed by atoms with Crippen LogP contribution in [-0.2, 0) is 13.3 Å². The minimum absolute atomic E-state index is 0.968. The summed E-state index contributed by atoms with van der Waals surface area (Å²) in [6.45, 7) is 8.31. The van der Waals surface area contributed by atoms with Crippen LogP contribution in [0.1, 0.15) is 13.3 Å². The van der Waals surface area contributed by atoms with Crippen molar-refractivity contribution >= 4 is 16.9 Å². The molecule has 0 rings (SSSR count). The first-order valence-electron chi connectivity index (χ1n) is 5.80. The molecule has 0 aliphatic rings. The van der Waals surface area contributed by atoms with Gasteiger partial charge < -0.3 is 13.3 Å². The molecule has 0 bridgehead atoms. The van der Waals surface area contributed by atoms with Gasteiger partial charge in [-0.3, -0.25) is 0 Å². The largest absolute Gasteiger partial charge is 0.420 e. The second kappa shape index (κ2) is 7.39. The Hall–Kier alpha value is 0.0538. The lowest BCUT2D eigenvalue weighted by Gasteiger charge is -2.27. The summed E-state index contributed by atoms with van der Waals surface area (Å²) < 4.78 is 16.6. The summed E-state index contributed by atoms with van der Waals surface area (Å²) in [5.74, 6) is 0. The molecule has 16 heavy (non-hydrogen) atoms. The molecule has 0 aromatic carbocycles. The molecule has 0 saturated heterocycles. The summed E-state index contributed by atoms with van der Waals surface area (Å²) in [4.78, 5) is 0. The van der Waals surface area contributed by atoms with Gasteiger partial charge in [0.15, 0.2) is 8.32 Å². The molecule has 1 unspecified atom stereocenters. The summed E-state index contributed by atoms with van der Waals surface area (Å²) in [6.07, 6.45) is 1.10. The Kier molecular flexibility index (Phi) is 7.42. The number of hydrogen-bond donors (Lipinski definition) is 0. The van der Waals surface area contributed by atoms with Gasteiger partial charge >= 0.3 is 8.56 Å². The van der Waals surface area contributed by atoms with Gasteiger partial charge in [-0.15, -0.1) is 6.58 Å². The molecule has 1 atom stereocenters. The Bertz CT molecular complexity index is 201. The molecule has 0 N–H and O–H groups in total. The fourth-order valence-corrected chi connectivity index (χ4v) is 5.59. The van der Waals surface area contributed by atoms with Gasteiger partial charge in [-0.2, -0.15) is 0 Å². The highest BCUT2D eigenvalue weighted by Crippen LogP contribution is 2.23. The highest BCUT2D eigenvalue weighted by Gasteiger charge is 2.33. The maximum Gasteiger partial charge on any atom is 0.363 e. The Morgan fingerprint density at radius 1 is 1.06 bits per heavy atom. The van der Waals surface area contributed by atoms with E-state index in [9.17, 15) is 0 Å². The van der Waals surface area contributed by atoms with Crippen LogP contribution in [-0.4, -0.2) is 38.2 Å². The van der Waals surface area contributed by atoms with Crippen molar-refractivity contribution in [3.63, 3.8) is 0 Å². The zero-order chi connectivity index (χ0) is 12.7. The van der Waals surface area contributed by atoms with E-state index >= 15 is 0 Å². The van der Waals surface area contributed by atoms with Crippen molar-refractivity contribution in [1.29, 1.82) is 0 Å². The van der Waals surface area contributed by atoms with E-state index in [1.807, 2.05) is 12.8 Å². The first-order valence-corrected chi connectivity index (χ1v) is 10.7. The van der Waals surface area contributed by atoms with Crippen molar-refractivity contribution in [3.8, 4) is 0 Å². The summed E-state index contributed by atoms with van der Waals surface area (Å²) in [7, 11) is 1.69. The highest BCUT2D eigenvalue weighted by atomic mass is 28.4. The molecule has 0 radical (unpaired) electrons. The highest BCUT2D eigenvalue weighted by molar-refractivity contribution is 6.74. The predicted octanol–water partition coefficient (Wildman–Crippen LogP) is 3.08. The van der Waals surface area contributed by atoms with Gasteiger partial charge in [0.05, 0.1) is 0 Å². The minimum Gasteiger partial charge on any atom is -0.420 e. The van der Waals surface area contributed by atoms with E-state index in [4.69, 9.17) is 13.3 Å². The fraction of sp³-hybridized carbons (Fsp3) is 0.818. The summed E-state index contributed by atoms with van der Waals surface area (Å²) >= 11 is 0. The second-order valence-electron chi connectivity index (χ2n) is 4.29. The van der Waals surface area contributed by atoms with Crippen molar-refractivity contribution in [1.82, 2.24) is 0 Å². The average molecular weight is 262 g/mol. The lowest BCUT2D eigenvalue weighted by Crippen LogP contribution is -2.39. The van der Waals surface area contributed by atoms with Crippen molar-refractivity contribution in [2.45, 2.75) is 38.0 Å². The minimum atomic E-state index is -2.11. The molecule has 3 nitrogen and oxygen atoms in total. The van der Waals surface area contributed by atoms with E-state index in [0.29, 0.717) is 0 Å². The van der Waals surface area contributed by atoms with E-state index in [2.05, 4.69) is 20.0 Å². The molecule has 0 heterocycles. The first-order chi connectivity index (χ1) is 7.51. The molecule has 0 aromatic heterocycles. The van der Waals surface area contributed by atoms with E-state index < -0.39 is 16.9 Å². The molecule has 0 spiro atoms. The Balaban J connectivity index is 4.18. The third-order valence-electron chi connectivity index (χ3n) is 3.47. The molecule has 0 aliphatic carbocycles. The van der Waals surface area contributed by atoms with Crippen LogP contribution < -0.4 is 0 Å². The maximum atomic E-state index is 5.65. The normalized spacial score (nSPS) is 15.8. The maximum absolute atomic E-state index is 5.65. The standard InChI is InChI=1S/C11H26O3Si2/c1-7-15(6,12-3)10-9-11-16(8-2,13-4)14-5/h8H,2,7,9-11H2,1,3-6H3. The predicted molar refractivity (Wildman–Crippen MR) is 73.3 cm³/mol. The lowest BCUT2D eigenvalue weighted by molar-refractivity contribution is 0.255. The molecule has 0 aromatic rings. The van der Waals surface area contributed by atoms with E-state index in [0.717, 1.165) is 24.6 Å². The third kappa shape index (κ3) is 4.51. The lowest BCUT2D eigenvalue weighted by atomic mass is 10.6. The van der Waals surface area contributed by atoms with E-state index in [-0.39, 0.29) is 0 Å². The second-order valence-corrected chi connectivity index (χ2v) is 12.1. The van der Waals surface area contributed by atoms with Gasteiger partial charge in [0.2, 0.25) is 0 Å². The van der Waals surface area contributed by atoms with E-state index in [1.54, 1.807) is 14.2 Å². The Morgan fingerprint density at radius 2 is 1.62 bits per heavy atom. The molecule has 0 aliphatic heterocycles. The zero-order valence-electron chi connectivity index (χ0n) is 11.3. The zero-order valence-corrected chi connectivity index (χ0v) is 13.3. The van der Waals surface area contributed by atoms with Crippen LogP contribution in [0.2, 0.25) is 24.7 Å². The van der Waals surface area contributed by atoms with Crippen LogP contribution in [0, 0.1) is 0 Å². The third-order valence-corrected chi connectivity index (χ3v) is 10.4. The monoisotopic (exact) mass is 262 g/mol. The van der Waals surface area contributed by atoms with Crippen LogP contribution in [0.15, 0.2) is 12.3 Å². The van der Waals surface area contributed by atoms with Gasteiger partial charge in [0.25, 0.3) is 0 Å². The molecular formula is C11H26O3Si2. The van der Waals surface area contributed by atoms with Crippen LogP contribution in [0.25, 0.3) is 0 Å². The van der Waals surface area contributed by atoms with Gasteiger partial charge in [0.1, 0.15) is 0 Å². The fourth-order valence-electron chi connectivity index (χ4n) is 1.69. The number of rotatable bonds is 9. The van der Waals surface area contributed by atoms with Crippen molar-refractivity contribution in [2.75, 3.05) is 21.3 Å². The Morgan fingerprint density at radius 3 is 1.94 bits per heavy atom. The molecule has 5 heteroatoms. The van der Waals surface area contributed by atoms with E-state index in [1.165, 1.54) is 0 Å². The summed E-state index contributed by atoms with van der Waals surface area (Å²) in [5.41, 5.74) is 1.87. The summed E-state index contributed by atoms with van der Waals surface area (Å²) in [6, 6.07) is 3.29. The van der Waals surface area contributed by atoms with Crippen LogP contribution in [0.3, 0.4) is 0 Å². The first kappa shape index (κ1) is 16.1. The van der Waals surface area contributed by atoms with Gasteiger partial charge in [-0.05, 0) is 30.4 Å². The molecule has 0 amide bonds. The van der Waals surface area contributed by atoms with Crippen molar-refractivity contribution in [3.05, 3.63) is 12.3 Å². The Labute approximate surface area is 102 Å². The molecule has 0 fully saturated rings. The van der Waals surface area contributed by atoms with Gasteiger partial charge in [-0.25, -0.2) is 0 Å². The van der Waals surface area contributed by atoms with Crippen molar-refractivity contribution in [2.24, 2.45) is 0 Å². The quantitative estimate of drug-likeness (QED) is 0.598. The molecule has 0 saturated carbocycles. The average Bonchev–Trinajstić information content (AvgIpc) is 2.35. The topological polar surface area (TPSA) is 27.7 Å². The van der Waals surface area contributed by atoms with Gasteiger partial charge in [0, 0.05) is 21.3 Å². The summed E-state index contributed by atoms with van der Waals surface area (Å²) in [5, 5.41) is 0. The van der Waals surface area contributed by atoms with Gasteiger partial charge in [-0.1, -0.05) is 13.3 Å². The number of hydrogen-bond acceptors (Lipinski definition) is 3. The molecule has 96 valence electrons.